The van der Waals surface area contributed by atoms with Gasteiger partial charge < -0.3 is 26.0 Å². The van der Waals surface area contributed by atoms with Crippen molar-refractivity contribution < 1.29 is 19.4 Å². The molecule has 0 aliphatic heterocycles. The summed E-state index contributed by atoms with van der Waals surface area (Å²) >= 11 is 0. The Morgan fingerprint density at radius 2 is 1.92 bits per heavy atom. The van der Waals surface area contributed by atoms with Gasteiger partial charge in [-0.2, -0.15) is 0 Å². The van der Waals surface area contributed by atoms with Crippen LogP contribution in [0.15, 0.2) is 23.2 Å². The number of benzene rings is 1. The van der Waals surface area contributed by atoms with Crippen molar-refractivity contribution in [2.24, 2.45) is 16.5 Å². The summed E-state index contributed by atoms with van der Waals surface area (Å²) in [4.78, 5) is 15.8. The molecule has 8 nitrogen and oxygen atoms in total. The van der Waals surface area contributed by atoms with Gasteiger partial charge in [-0.05, 0) is 43.2 Å². The van der Waals surface area contributed by atoms with Crippen molar-refractivity contribution in [1.29, 1.82) is 0 Å². The van der Waals surface area contributed by atoms with Crippen LogP contribution >= 0.6 is 0 Å². The van der Waals surface area contributed by atoms with Crippen LogP contribution in [-0.2, 0) is 4.79 Å². The van der Waals surface area contributed by atoms with Gasteiger partial charge >= 0.3 is 0 Å². The smallest absolute Gasteiger partial charge is 0.250 e. The number of carbonyl (C=O) groups excluding carboxylic acids is 1. The highest BCUT2D eigenvalue weighted by Gasteiger charge is 2.10. The number of nitrogens with zero attached hydrogens (tertiary/aromatic N) is 1. The van der Waals surface area contributed by atoms with Gasteiger partial charge in [-0.3, -0.25) is 15.1 Å². The maximum atomic E-state index is 11.8. The van der Waals surface area contributed by atoms with Crippen molar-refractivity contribution in [2.45, 2.75) is 12.8 Å². The van der Waals surface area contributed by atoms with E-state index in [1.54, 1.807) is 18.2 Å². The number of phenols is 1. The van der Waals surface area contributed by atoms with Gasteiger partial charge in [0.05, 0.1) is 14.2 Å². The Bertz CT molecular complexity index is 589. The third-order valence-corrected chi connectivity index (χ3v) is 3.07. The Morgan fingerprint density at radius 1 is 1.29 bits per heavy atom. The fourth-order valence-electron chi connectivity index (χ4n) is 1.84. The molecule has 0 atom stereocenters. The molecule has 0 saturated carbocycles. The molecule has 24 heavy (non-hydrogen) atoms. The number of methoxy groups -OCH3 is 2. The van der Waals surface area contributed by atoms with E-state index in [1.165, 1.54) is 20.3 Å². The number of guanidine groups is 1. The van der Waals surface area contributed by atoms with Crippen LogP contribution in [0.4, 0.5) is 0 Å². The highest BCUT2D eigenvalue weighted by molar-refractivity contribution is 6.03. The van der Waals surface area contributed by atoms with Gasteiger partial charge in [-0.15, -0.1) is 0 Å². The second-order valence-corrected chi connectivity index (χ2v) is 4.86. The summed E-state index contributed by atoms with van der Waals surface area (Å²) in [5, 5.41) is 12.3. The number of aromatic hydroxyl groups is 1. The number of unbranched alkanes of at least 4 members (excludes halogenated alkanes) is 1. The molecule has 0 fully saturated rings. The molecule has 0 aromatic heterocycles. The average Bonchev–Trinajstić information content (AvgIpc) is 2.57. The van der Waals surface area contributed by atoms with E-state index in [2.05, 4.69) is 10.3 Å². The van der Waals surface area contributed by atoms with Gasteiger partial charge in [0.15, 0.2) is 17.5 Å². The predicted molar refractivity (Wildman–Crippen MR) is 93.2 cm³/mol. The molecule has 1 aromatic rings. The first-order valence-electron chi connectivity index (χ1n) is 7.45. The van der Waals surface area contributed by atoms with Crippen LogP contribution in [-0.4, -0.2) is 44.3 Å². The number of nitrogens with two attached hydrogens (primary N) is 2. The number of carbonyl (C=O) groups is 1. The molecule has 1 amide bonds. The van der Waals surface area contributed by atoms with Crippen molar-refractivity contribution in [3.05, 3.63) is 23.8 Å². The first-order valence-corrected chi connectivity index (χ1v) is 7.45. The van der Waals surface area contributed by atoms with E-state index in [9.17, 15) is 9.90 Å². The topological polar surface area (TPSA) is 132 Å². The molecular formula is C16H24N4O4. The lowest BCUT2D eigenvalue weighted by Crippen LogP contribution is -2.35. The van der Waals surface area contributed by atoms with Gasteiger partial charge in [0.25, 0.3) is 5.91 Å². The van der Waals surface area contributed by atoms with Crippen LogP contribution in [0.5, 0.6) is 17.2 Å². The molecule has 6 N–H and O–H groups in total. The molecule has 0 bridgehead atoms. The van der Waals surface area contributed by atoms with Crippen molar-refractivity contribution in [2.75, 3.05) is 27.3 Å². The van der Waals surface area contributed by atoms with Gasteiger partial charge in [0.2, 0.25) is 5.75 Å². The summed E-state index contributed by atoms with van der Waals surface area (Å²) in [7, 11) is 2.85. The quantitative estimate of drug-likeness (QED) is 0.238. The van der Waals surface area contributed by atoms with Gasteiger partial charge in [-0.1, -0.05) is 0 Å². The number of rotatable bonds is 8. The highest BCUT2D eigenvalue weighted by atomic mass is 16.5. The number of ether oxygens (including phenoxy) is 2. The fourth-order valence-corrected chi connectivity index (χ4v) is 1.84. The summed E-state index contributed by atoms with van der Waals surface area (Å²) in [6.07, 6.45) is 4.51. The first-order chi connectivity index (χ1) is 11.5. The molecule has 0 heterocycles. The number of phenolic OH excluding ortho intramolecular Hbond substituents is 1. The normalized spacial score (nSPS) is 11.5. The zero-order chi connectivity index (χ0) is 17.9. The van der Waals surface area contributed by atoms with Gasteiger partial charge in [0.1, 0.15) is 0 Å². The summed E-state index contributed by atoms with van der Waals surface area (Å²) < 4.78 is 10.1. The number of amides is 1. The van der Waals surface area contributed by atoms with Gasteiger partial charge in [-0.25, -0.2) is 0 Å². The fraction of sp³-hybridized carbons (Fsp3) is 0.375. The molecule has 0 radical (unpaired) electrons. The third kappa shape index (κ3) is 6.17. The minimum atomic E-state index is -0.416. The van der Waals surface area contributed by atoms with E-state index in [-0.39, 0.29) is 23.2 Å². The predicted octanol–water partition coefficient (Wildman–Crippen LogP) is 0.592. The third-order valence-electron chi connectivity index (χ3n) is 3.07. The lowest BCUT2D eigenvalue weighted by Gasteiger charge is -2.09. The van der Waals surface area contributed by atoms with Crippen molar-refractivity contribution >= 4 is 17.9 Å². The molecule has 1 aromatic carbocycles. The van der Waals surface area contributed by atoms with Crippen LogP contribution in [0.2, 0.25) is 0 Å². The van der Waals surface area contributed by atoms with Crippen molar-refractivity contribution in [3.63, 3.8) is 0 Å². The Balaban J connectivity index is 2.70. The van der Waals surface area contributed by atoms with Crippen LogP contribution in [0.25, 0.3) is 6.08 Å². The molecule has 0 spiro atoms. The van der Waals surface area contributed by atoms with Crippen LogP contribution in [0.1, 0.15) is 18.4 Å². The Morgan fingerprint density at radius 3 is 2.46 bits per heavy atom. The maximum absolute atomic E-state index is 11.8. The number of aliphatic imine (C=N–C) groups is 1. The maximum Gasteiger partial charge on any atom is 0.250 e. The highest BCUT2D eigenvalue weighted by Crippen LogP contribution is 2.37. The van der Waals surface area contributed by atoms with Crippen LogP contribution in [0, 0.1) is 0 Å². The van der Waals surface area contributed by atoms with E-state index in [0.29, 0.717) is 18.7 Å². The van der Waals surface area contributed by atoms with Crippen LogP contribution in [0.3, 0.4) is 0 Å². The van der Waals surface area contributed by atoms with Crippen molar-refractivity contribution in [3.8, 4) is 17.2 Å². The molecular weight excluding hydrogens is 312 g/mol. The standard InChI is InChI=1S/C16H24N4O4/c1-23-12-9-11(10-13(24-2)15(12)22)5-6-14(21)20-16(18)19-8-4-3-7-17/h5-6,9-10,22H,3-4,7-8,17H2,1-2H3,(H3,18,19,20,21)/b6-5+. The Hall–Kier alpha value is -2.74. The molecule has 0 aliphatic rings. The van der Waals surface area contributed by atoms with Crippen molar-refractivity contribution in [1.82, 2.24) is 5.32 Å². The molecule has 8 heteroatoms. The Labute approximate surface area is 141 Å². The first kappa shape index (κ1) is 19.3. The number of hydrogen-bond donors (Lipinski definition) is 4. The number of hydrogen-bond acceptors (Lipinski definition) is 6. The minimum Gasteiger partial charge on any atom is -0.502 e. The second kappa shape index (κ2) is 10.1. The summed E-state index contributed by atoms with van der Waals surface area (Å²) in [5.74, 6) is 0.0323. The lowest BCUT2D eigenvalue weighted by molar-refractivity contribution is -0.115. The average molecular weight is 336 g/mol. The largest absolute Gasteiger partial charge is 0.502 e. The molecule has 0 saturated heterocycles. The second-order valence-electron chi connectivity index (χ2n) is 4.86. The Kier molecular flexibility index (Phi) is 8.14. The molecule has 1 rings (SSSR count). The summed E-state index contributed by atoms with van der Waals surface area (Å²) in [6.45, 7) is 1.11. The summed E-state index contributed by atoms with van der Waals surface area (Å²) in [5.41, 5.74) is 11.6. The van der Waals surface area contributed by atoms with E-state index in [4.69, 9.17) is 20.9 Å². The van der Waals surface area contributed by atoms with Gasteiger partial charge in [0, 0.05) is 12.6 Å². The van der Waals surface area contributed by atoms with E-state index in [0.717, 1.165) is 12.8 Å². The zero-order valence-electron chi connectivity index (χ0n) is 13.9. The number of nitrogens with one attached hydrogen (secondary N) is 1. The minimum absolute atomic E-state index is 0.0579. The molecule has 132 valence electrons. The molecule has 0 aliphatic carbocycles. The lowest BCUT2D eigenvalue weighted by atomic mass is 10.1. The van der Waals surface area contributed by atoms with Crippen LogP contribution < -0.4 is 26.3 Å². The SMILES string of the molecule is COc1cc(/C=C/C(=O)NC(N)=NCCCCN)cc(OC)c1O. The van der Waals surface area contributed by atoms with E-state index >= 15 is 0 Å². The zero-order valence-corrected chi connectivity index (χ0v) is 13.9. The monoisotopic (exact) mass is 336 g/mol. The summed E-state index contributed by atoms with van der Waals surface area (Å²) in [6, 6.07) is 3.15. The molecule has 0 unspecified atom stereocenters. The van der Waals surface area contributed by atoms with E-state index in [1.807, 2.05) is 0 Å². The van der Waals surface area contributed by atoms with E-state index < -0.39 is 5.91 Å².